The van der Waals surface area contributed by atoms with Gasteiger partial charge >= 0.3 is 0 Å². The number of nitrogens with one attached hydrogen (secondary N) is 1. The zero-order chi connectivity index (χ0) is 16.2. The van der Waals surface area contributed by atoms with Crippen LogP contribution in [0.5, 0.6) is 11.5 Å². The maximum atomic E-state index is 10.4. The van der Waals surface area contributed by atoms with Crippen LogP contribution in [0, 0.1) is 13.8 Å². The van der Waals surface area contributed by atoms with Gasteiger partial charge in [-0.3, -0.25) is 9.36 Å². The van der Waals surface area contributed by atoms with E-state index in [9.17, 15) is 4.79 Å². The maximum absolute atomic E-state index is 10.4. The predicted molar refractivity (Wildman–Crippen MR) is 84.8 cm³/mol. The average Bonchev–Trinajstić information content (AvgIpc) is 2.97. The van der Waals surface area contributed by atoms with Crippen molar-refractivity contribution < 1.29 is 9.53 Å². The smallest absolute Gasteiger partial charge is 0.212 e. The molecule has 3 heterocycles. The topological polar surface area (TPSA) is 81.9 Å². The number of hydrogen-bond acceptors (Lipinski definition) is 5. The number of carbonyl (C=O) groups is 1. The summed E-state index contributed by atoms with van der Waals surface area (Å²) in [7, 11) is 0. The van der Waals surface area contributed by atoms with Crippen LogP contribution in [-0.2, 0) is 4.79 Å². The number of ether oxygens (including phenoxy) is 1. The first-order valence-electron chi connectivity index (χ1n) is 6.97. The highest BCUT2D eigenvalue weighted by atomic mass is 16.5. The summed E-state index contributed by atoms with van der Waals surface area (Å²) in [6.07, 6.45) is 7.42. The number of aryl methyl sites for hydroxylation is 2. The van der Waals surface area contributed by atoms with Gasteiger partial charge < -0.3 is 10.1 Å². The highest BCUT2D eigenvalue weighted by Crippen LogP contribution is 2.26. The molecule has 3 aromatic rings. The standard InChI is InChI=1S/C16H15N5O2/c1-11-5-15(20-10-22)18-7-14(11)23-13-3-4-17-16(6-13)21-8-12(2)19-9-21/h3-10H,1-2H3,(H,18,20,22). The van der Waals surface area contributed by atoms with Gasteiger partial charge in [0.2, 0.25) is 6.41 Å². The van der Waals surface area contributed by atoms with Gasteiger partial charge in [0.15, 0.2) is 0 Å². The summed E-state index contributed by atoms with van der Waals surface area (Å²) in [6.45, 7) is 3.80. The van der Waals surface area contributed by atoms with Crippen LogP contribution in [0.2, 0.25) is 0 Å². The van der Waals surface area contributed by atoms with Gasteiger partial charge in [0.25, 0.3) is 0 Å². The monoisotopic (exact) mass is 309 g/mol. The van der Waals surface area contributed by atoms with Gasteiger partial charge in [-0.15, -0.1) is 0 Å². The molecule has 116 valence electrons. The molecule has 0 aromatic carbocycles. The molecule has 1 N–H and O–H groups in total. The number of anilines is 1. The molecule has 0 aliphatic rings. The molecule has 3 aromatic heterocycles. The fourth-order valence-electron chi connectivity index (χ4n) is 2.07. The second-order valence-electron chi connectivity index (χ2n) is 4.97. The fourth-order valence-corrected chi connectivity index (χ4v) is 2.07. The van der Waals surface area contributed by atoms with Crippen LogP contribution in [0.15, 0.2) is 43.1 Å². The van der Waals surface area contributed by atoms with E-state index in [1.165, 1.54) is 0 Å². The number of hydrogen-bond donors (Lipinski definition) is 1. The van der Waals surface area contributed by atoms with Crippen molar-refractivity contribution in [3.63, 3.8) is 0 Å². The van der Waals surface area contributed by atoms with Crippen molar-refractivity contribution in [2.75, 3.05) is 5.32 Å². The Morgan fingerprint density at radius 3 is 2.78 bits per heavy atom. The van der Waals surface area contributed by atoms with Crippen LogP contribution >= 0.6 is 0 Å². The van der Waals surface area contributed by atoms with E-state index in [0.717, 1.165) is 11.3 Å². The van der Waals surface area contributed by atoms with Crippen molar-refractivity contribution >= 4 is 12.2 Å². The van der Waals surface area contributed by atoms with E-state index < -0.39 is 0 Å². The van der Waals surface area contributed by atoms with Crippen molar-refractivity contribution in [3.8, 4) is 17.3 Å². The molecule has 0 atom stereocenters. The third kappa shape index (κ3) is 3.34. The predicted octanol–water partition coefficient (Wildman–Crippen LogP) is 2.64. The summed E-state index contributed by atoms with van der Waals surface area (Å²) in [4.78, 5) is 23.0. The molecular weight excluding hydrogens is 294 g/mol. The molecule has 7 heteroatoms. The van der Waals surface area contributed by atoms with Crippen LogP contribution in [0.1, 0.15) is 11.3 Å². The Morgan fingerprint density at radius 2 is 2.09 bits per heavy atom. The summed E-state index contributed by atoms with van der Waals surface area (Å²) in [5.74, 6) is 2.45. The van der Waals surface area contributed by atoms with E-state index in [1.807, 2.05) is 30.7 Å². The van der Waals surface area contributed by atoms with Crippen LogP contribution in [0.25, 0.3) is 5.82 Å². The van der Waals surface area contributed by atoms with E-state index in [2.05, 4.69) is 20.3 Å². The van der Waals surface area contributed by atoms with Gasteiger partial charge in [0.05, 0.1) is 11.9 Å². The van der Waals surface area contributed by atoms with Crippen molar-refractivity contribution in [1.29, 1.82) is 0 Å². The maximum Gasteiger partial charge on any atom is 0.212 e. The molecule has 0 unspecified atom stereocenters. The van der Waals surface area contributed by atoms with E-state index in [1.54, 1.807) is 30.9 Å². The molecule has 0 radical (unpaired) electrons. The van der Waals surface area contributed by atoms with E-state index in [-0.39, 0.29) is 0 Å². The minimum Gasteiger partial charge on any atom is -0.455 e. The third-order valence-electron chi connectivity index (χ3n) is 3.19. The summed E-state index contributed by atoms with van der Waals surface area (Å²) in [6, 6.07) is 5.33. The number of imidazole rings is 1. The van der Waals surface area contributed by atoms with Crippen molar-refractivity contribution in [2.24, 2.45) is 0 Å². The Balaban J connectivity index is 1.84. The highest BCUT2D eigenvalue weighted by molar-refractivity contribution is 5.69. The van der Waals surface area contributed by atoms with E-state index >= 15 is 0 Å². The molecule has 0 saturated carbocycles. The number of pyridine rings is 2. The lowest BCUT2D eigenvalue weighted by Crippen LogP contribution is -1.99. The first kappa shape index (κ1) is 14.7. The average molecular weight is 309 g/mol. The summed E-state index contributed by atoms with van der Waals surface area (Å²) in [5.41, 5.74) is 1.78. The lowest BCUT2D eigenvalue weighted by atomic mass is 10.2. The van der Waals surface area contributed by atoms with Gasteiger partial charge in [0, 0.05) is 18.5 Å². The Kier molecular flexibility index (Phi) is 4.01. The second kappa shape index (κ2) is 6.27. The minimum atomic E-state index is 0.481. The molecule has 23 heavy (non-hydrogen) atoms. The summed E-state index contributed by atoms with van der Waals surface area (Å²) >= 11 is 0. The van der Waals surface area contributed by atoms with E-state index in [4.69, 9.17) is 4.74 Å². The summed E-state index contributed by atoms with van der Waals surface area (Å²) < 4.78 is 7.68. The molecule has 3 rings (SSSR count). The highest BCUT2D eigenvalue weighted by Gasteiger charge is 2.06. The van der Waals surface area contributed by atoms with Gasteiger partial charge in [-0.1, -0.05) is 0 Å². The van der Waals surface area contributed by atoms with Crippen molar-refractivity contribution in [3.05, 3.63) is 54.4 Å². The number of nitrogens with zero attached hydrogens (tertiary/aromatic N) is 4. The first-order chi connectivity index (χ1) is 11.2. The zero-order valence-electron chi connectivity index (χ0n) is 12.7. The number of amides is 1. The lowest BCUT2D eigenvalue weighted by Gasteiger charge is -2.10. The zero-order valence-corrected chi connectivity index (χ0v) is 12.7. The summed E-state index contributed by atoms with van der Waals surface area (Å²) in [5, 5.41) is 2.50. The van der Waals surface area contributed by atoms with Gasteiger partial charge in [-0.25, -0.2) is 15.0 Å². The van der Waals surface area contributed by atoms with Crippen molar-refractivity contribution in [1.82, 2.24) is 19.5 Å². The largest absolute Gasteiger partial charge is 0.455 e. The normalized spacial score (nSPS) is 10.3. The molecule has 0 aliphatic heterocycles. The molecule has 0 fully saturated rings. The molecule has 0 saturated heterocycles. The minimum absolute atomic E-state index is 0.481. The SMILES string of the molecule is Cc1cn(-c2cc(Oc3cnc(NC=O)cc3C)ccn2)cn1. The molecular formula is C16H15N5O2. The van der Waals surface area contributed by atoms with Crippen LogP contribution < -0.4 is 10.1 Å². The Hall–Kier alpha value is -3.22. The number of rotatable bonds is 5. The third-order valence-corrected chi connectivity index (χ3v) is 3.19. The number of carbonyl (C=O) groups excluding carboxylic acids is 1. The van der Waals surface area contributed by atoms with Crippen LogP contribution in [-0.4, -0.2) is 25.9 Å². The fraction of sp³-hybridized carbons (Fsp3) is 0.125. The number of aromatic nitrogens is 4. The first-order valence-corrected chi connectivity index (χ1v) is 6.97. The Morgan fingerprint density at radius 1 is 1.22 bits per heavy atom. The lowest BCUT2D eigenvalue weighted by molar-refractivity contribution is -0.105. The van der Waals surface area contributed by atoms with Crippen molar-refractivity contribution in [2.45, 2.75) is 13.8 Å². The van der Waals surface area contributed by atoms with Crippen LogP contribution in [0.3, 0.4) is 0 Å². The van der Waals surface area contributed by atoms with Gasteiger partial charge in [-0.05, 0) is 31.5 Å². The quantitative estimate of drug-likeness (QED) is 0.733. The molecule has 7 nitrogen and oxygen atoms in total. The Labute approximate surface area is 133 Å². The van der Waals surface area contributed by atoms with E-state index in [0.29, 0.717) is 29.5 Å². The molecule has 0 aliphatic carbocycles. The Bertz CT molecular complexity index is 844. The van der Waals surface area contributed by atoms with Gasteiger partial charge in [-0.2, -0.15) is 0 Å². The molecule has 1 amide bonds. The molecule has 0 spiro atoms. The second-order valence-corrected chi connectivity index (χ2v) is 4.97. The molecule has 0 bridgehead atoms. The van der Waals surface area contributed by atoms with Crippen LogP contribution in [0.4, 0.5) is 5.82 Å². The van der Waals surface area contributed by atoms with Gasteiger partial charge in [0.1, 0.15) is 29.5 Å².